The number of sulfonamides is 1. The van der Waals surface area contributed by atoms with Gasteiger partial charge in [0.15, 0.2) is 5.75 Å². The van der Waals surface area contributed by atoms with E-state index >= 15 is 0 Å². The molecule has 0 spiro atoms. The van der Waals surface area contributed by atoms with Crippen LogP contribution in [0.2, 0.25) is 0 Å². The molecule has 0 aromatic heterocycles. The highest BCUT2D eigenvalue weighted by atomic mass is 32.2. The molecule has 0 aliphatic heterocycles. The fourth-order valence-electron chi connectivity index (χ4n) is 2.75. The molecule has 2 fully saturated rings. The predicted molar refractivity (Wildman–Crippen MR) is 51.8 cm³/mol. The second-order valence-corrected chi connectivity index (χ2v) is 6.07. The smallest absolute Gasteiger partial charge is 0.211 e. The van der Waals surface area contributed by atoms with Crippen LogP contribution in [0.15, 0.2) is 0 Å². The van der Waals surface area contributed by atoms with E-state index in [-0.39, 0.29) is 6.04 Å². The average molecular weight is 214 g/mol. The van der Waals surface area contributed by atoms with Crippen LogP contribution in [0.5, 0.6) is 0 Å². The van der Waals surface area contributed by atoms with Gasteiger partial charge in [0, 0.05) is 6.04 Å². The Morgan fingerprint density at radius 2 is 2.14 bits per heavy atom. The molecule has 3 unspecified atom stereocenters. The topological polar surface area (TPSA) is 70.0 Å². The number of nitriles is 1. The minimum Gasteiger partial charge on any atom is -0.211 e. The van der Waals surface area contributed by atoms with E-state index in [2.05, 4.69) is 4.72 Å². The lowest BCUT2D eigenvalue weighted by Gasteiger charge is -2.21. The van der Waals surface area contributed by atoms with Crippen molar-refractivity contribution in [2.24, 2.45) is 11.8 Å². The quantitative estimate of drug-likeness (QED) is 0.748. The summed E-state index contributed by atoms with van der Waals surface area (Å²) in [4.78, 5) is 0. The molecular formula is C9H14N2O2S. The van der Waals surface area contributed by atoms with Crippen LogP contribution < -0.4 is 4.72 Å². The molecule has 2 aliphatic rings. The van der Waals surface area contributed by atoms with Gasteiger partial charge in [-0.15, -0.1) is 0 Å². The minimum atomic E-state index is -3.35. The van der Waals surface area contributed by atoms with E-state index in [1.54, 1.807) is 6.07 Å². The maximum atomic E-state index is 11.3. The van der Waals surface area contributed by atoms with E-state index in [1.807, 2.05) is 0 Å². The molecule has 4 nitrogen and oxygen atoms in total. The molecule has 78 valence electrons. The molecular weight excluding hydrogens is 200 g/mol. The maximum Gasteiger partial charge on any atom is 0.225 e. The first-order chi connectivity index (χ1) is 6.61. The number of rotatable bonds is 3. The standard InChI is InChI=1S/C9H14N2O2S/c10-3-4-14(12,13)11-9-6-7-1-2-8(9)5-7/h7-9,11H,1-2,4-6H2. The first-order valence-corrected chi connectivity index (χ1v) is 6.63. The molecule has 0 heterocycles. The van der Waals surface area contributed by atoms with Gasteiger partial charge in [0.25, 0.3) is 0 Å². The normalized spacial score (nSPS) is 35.8. The lowest BCUT2D eigenvalue weighted by atomic mass is 9.96. The summed E-state index contributed by atoms with van der Waals surface area (Å²) in [6.45, 7) is 0. The summed E-state index contributed by atoms with van der Waals surface area (Å²) < 4.78 is 25.3. The molecule has 2 bridgehead atoms. The van der Waals surface area contributed by atoms with Crippen LogP contribution in [0.1, 0.15) is 25.7 Å². The summed E-state index contributed by atoms with van der Waals surface area (Å²) in [5.74, 6) is 0.823. The Bertz CT molecular complexity index is 357. The molecule has 3 atom stereocenters. The number of nitrogens with zero attached hydrogens (tertiary/aromatic N) is 1. The molecule has 0 aromatic carbocycles. The van der Waals surface area contributed by atoms with Crippen molar-refractivity contribution in [3.05, 3.63) is 0 Å². The Morgan fingerprint density at radius 1 is 1.36 bits per heavy atom. The highest BCUT2D eigenvalue weighted by Crippen LogP contribution is 2.44. The lowest BCUT2D eigenvalue weighted by molar-refractivity contribution is 0.390. The Balaban J connectivity index is 1.96. The molecule has 0 saturated heterocycles. The summed E-state index contributed by atoms with van der Waals surface area (Å²) in [5.41, 5.74) is 0. The molecule has 2 saturated carbocycles. The minimum absolute atomic E-state index is 0.104. The average Bonchev–Trinajstić information content (AvgIpc) is 2.63. The fourth-order valence-corrected chi connectivity index (χ4v) is 3.75. The van der Waals surface area contributed by atoms with Crippen LogP contribution >= 0.6 is 0 Å². The van der Waals surface area contributed by atoms with Crippen molar-refractivity contribution >= 4 is 10.0 Å². The molecule has 0 aromatic rings. The van der Waals surface area contributed by atoms with Gasteiger partial charge >= 0.3 is 0 Å². The van der Waals surface area contributed by atoms with Gasteiger partial charge < -0.3 is 0 Å². The second-order valence-electron chi connectivity index (χ2n) is 4.32. The largest absolute Gasteiger partial charge is 0.225 e. The monoisotopic (exact) mass is 214 g/mol. The van der Waals surface area contributed by atoms with Crippen LogP contribution in [-0.2, 0) is 10.0 Å². The summed E-state index contributed by atoms with van der Waals surface area (Å²) in [7, 11) is -3.35. The van der Waals surface area contributed by atoms with Crippen molar-refractivity contribution in [2.75, 3.05) is 5.75 Å². The third-order valence-electron chi connectivity index (χ3n) is 3.32. The third-order valence-corrected chi connectivity index (χ3v) is 4.49. The van der Waals surface area contributed by atoms with Crippen LogP contribution in [0, 0.1) is 23.2 Å². The summed E-state index contributed by atoms with van der Waals surface area (Å²) in [6.07, 6.45) is 4.53. The molecule has 14 heavy (non-hydrogen) atoms. The first kappa shape index (κ1) is 9.94. The van der Waals surface area contributed by atoms with E-state index in [1.165, 1.54) is 12.8 Å². The van der Waals surface area contributed by atoms with Crippen LogP contribution in [0.4, 0.5) is 0 Å². The van der Waals surface area contributed by atoms with Gasteiger partial charge in [-0.05, 0) is 31.1 Å². The van der Waals surface area contributed by atoms with Crippen molar-refractivity contribution in [3.63, 3.8) is 0 Å². The Morgan fingerprint density at radius 3 is 2.64 bits per heavy atom. The Kier molecular flexibility index (Phi) is 2.50. The highest BCUT2D eigenvalue weighted by molar-refractivity contribution is 7.89. The van der Waals surface area contributed by atoms with Crippen LogP contribution in [0.25, 0.3) is 0 Å². The number of nitrogens with one attached hydrogen (secondary N) is 1. The maximum absolute atomic E-state index is 11.3. The van der Waals surface area contributed by atoms with Gasteiger partial charge in [-0.3, -0.25) is 0 Å². The zero-order valence-corrected chi connectivity index (χ0v) is 8.76. The van der Waals surface area contributed by atoms with E-state index < -0.39 is 15.8 Å². The molecule has 2 aliphatic carbocycles. The molecule has 1 N–H and O–H groups in total. The predicted octanol–water partition coefficient (Wildman–Crippen LogP) is 0.618. The van der Waals surface area contributed by atoms with E-state index in [9.17, 15) is 8.42 Å². The fraction of sp³-hybridized carbons (Fsp3) is 0.889. The van der Waals surface area contributed by atoms with Gasteiger partial charge in [-0.1, -0.05) is 6.42 Å². The van der Waals surface area contributed by atoms with Crippen LogP contribution in [0.3, 0.4) is 0 Å². The zero-order valence-electron chi connectivity index (χ0n) is 7.94. The van der Waals surface area contributed by atoms with Crippen molar-refractivity contribution in [1.29, 1.82) is 5.26 Å². The number of fused-ring (bicyclic) bond motifs is 2. The van der Waals surface area contributed by atoms with Gasteiger partial charge in [0.1, 0.15) is 0 Å². The molecule has 2 rings (SSSR count). The SMILES string of the molecule is N#CCS(=O)(=O)NC1CC2CCC1C2. The molecule has 5 heteroatoms. The van der Waals surface area contributed by atoms with E-state index in [0.29, 0.717) is 5.92 Å². The van der Waals surface area contributed by atoms with Crippen molar-refractivity contribution in [1.82, 2.24) is 4.72 Å². The van der Waals surface area contributed by atoms with Gasteiger partial charge in [0.05, 0.1) is 6.07 Å². The van der Waals surface area contributed by atoms with E-state index in [0.717, 1.165) is 18.8 Å². The lowest BCUT2D eigenvalue weighted by Crippen LogP contribution is -2.39. The highest BCUT2D eigenvalue weighted by Gasteiger charge is 2.40. The van der Waals surface area contributed by atoms with Crippen molar-refractivity contribution in [3.8, 4) is 6.07 Å². The number of hydrogen-bond acceptors (Lipinski definition) is 3. The van der Waals surface area contributed by atoms with Crippen molar-refractivity contribution < 1.29 is 8.42 Å². The van der Waals surface area contributed by atoms with Gasteiger partial charge in [0.2, 0.25) is 10.0 Å². The van der Waals surface area contributed by atoms with E-state index in [4.69, 9.17) is 5.26 Å². The van der Waals surface area contributed by atoms with Gasteiger partial charge in [-0.2, -0.15) is 5.26 Å². The van der Waals surface area contributed by atoms with Crippen molar-refractivity contribution in [2.45, 2.75) is 31.7 Å². The zero-order chi connectivity index (χ0) is 10.2. The summed E-state index contributed by atoms with van der Waals surface area (Å²) >= 11 is 0. The Hall–Kier alpha value is -0.600. The molecule has 0 amide bonds. The second kappa shape index (κ2) is 3.52. The first-order valence-electron chi connectivity index (χ1n) is 4.97. The Labute approximate surface area is 84.4 Å². The number of hydrogen-bond donors (Lipinski definition) is 1. The van der Waals surface area contributed by atoms with Gasteiger partial charge in [-0.25, -0.2) is 13.1 Å². The van der Waals surface area contributed by atoms with Crippen LogP contribution in [-0.4, -0.2) is 20.2 Å². The third kappa shape index (κ3) is 1.91. The summed E-state index contributed by atoms with van der Waals surface area (Å²) in [5, 5.41) is 8.34. The summed E-state index contributed by atoms with van der Waals surface area (Å²) in [6, 6.07) is 1.78. The molecule has 0 radical (unpaired) electrons.